The molecule has 1 N–H and O–H groups in total. The lowest BCUT2D eigenvalue weighted by molar-refractivity contribution is -0.119. The van der Waals surface area contributed by atoms with Gasteiger partial charge in [-0.2, -0.15) is 5.10 Å². The Balaban J connectivity index is 1.28. The van der Waals surface area contributed by atoms with Crippen LogP contribution in [0.1, 0.15) is 43.5 Å². The number of para-hydroxylation sites is 1. The molecule has 1 aromatic carbocycles. The molecular formula is C22H31N5O. The molecule has 1 aliphatic carbocycles. The quantitative estimate of drug-likeness (QED) is 0.836. The Morgan fingerprint density at radius 1 is 1.18 bits per heavy atom. The van der Waals surface area contributed by atoms with E-state index < -0.39 is 0 Å². The zero-order chi connectivity index (χ0) is 19.3. The highest BCUT2D eigenvalue weighted by atomic mass is 16.2. The summed E-state index contributed by atoms with van der Waals surface area (Å²) in [5, 5.41) is 7.71. The number of carbonyl (C=O) groups excluding carboxylic acids is 1. The topological polar surface area (TPSA) is 53.4 Å². The fraction of sp³-hybridized carbons (Fsp3) is 0.545. The normalized spacial score (nSPS) is 17.9. The van der Waals surface area contributed by atoms with Crippen LogP contribution in [0.2, 0.25) is 0 Å². The number of aromatic nitrogens is 2. The molecule has 6 heteroatoms. The van der Waals surface area contributed by atoms with Gasteiger partial charge in [-0.1, -0.05) is 37.5 Å². The summed E-state index contributed by atoms with van der Waals surface area (Å²) in [6.07, 6.45) is 6.81. The second kappa shape index (κ2) is 8.78. The predicted molar refractivity (Wildman–Crippen MR) is 111 cm³/mol. The molecule has 150 valence electrons. The zero-order valence-corrected chi connectivity index (χ0v) is 16.8. The number of nitrogens with zero attached hydrogens (tertiary/aromatic N) is 4. The van der Waals surface area contributed by atoms with Crippen LogP contribution in [0.5, 0.6) is 0 Å². The summed E-state index contributed by atoms with van der Waals surface area (Å²) < 4.78 is 2.12. The van der Waals surface area contributed by atoms with Crippen molar-refractivity contribution in [2.75, 3.05) is 25.0 Å². The van der Waals surface area contributed by atoms with Crippen molar-refractivity contribution in [1.29, 1.82) is 0 Å². The maximum atomic E-state index is 12.3. The van der Waals surface area contributed by atoms with Crippen LogP contribution in [0.4, 0.5) is 5.69 Å². The van der Waals surface area contributed by atoms with Gasteiger partial charge in [-0.3, -0.25) is 14.4 Å². The standard InChI is InChI=1S/C22H31N5O/c1-25(19-8-4-2-5-9-19)17-22(28)23-15-18-14-21-16-26(12-13-27(21)24-18)20-10-6-3-7-11-20/h2,4-5,8-9,14,20H,3,6-7,10-13,15-17H2,1H3,(H,23,28). The number of rotatable bonds is 6. The molecule has 0 radical (unpaired) electrons. The Labute approximate surface area is 167 Å². The van der Waals surface area contributed by atoms with Crippen LogP contribution in [0.25, 0.3) is 0 Å². The molecule has 0 atom stereocenters. The number of hydrogen-bond acceptors (Lipinski definition) is 4. The van der Waals surface area contributed by atoms with E-state index >= 15 is 0 Å². The second-order valence-corrected chi connectivity index (χ2v) is 8.08. The van der Waals surface area contributed by atoms with Crippen LogP contribution < -0.4 is 10.2 Å². The number of carbonyl (C=O) groups is 1. The third-order valence-corrected chi connectivity index (χ3v) is 6.01. The van der Waals surface area contributed by atoms with Crippen molar-refractivity contribution in [3.8, 4) is 0 Å². The third kappa shape index (κ3) is 4.55. The average Bonchev–Trinajstić information content (AvgIpc) is 3.16. The van der Waals surface area contributed by atoms with E-state index in [2.05, 4.69) is 21.0 Å². The minimum absolute atomic E-state index is 0.0150. The van der Waals surface area contributed by atoms with Gasteiger partial charge in [0.1, 0.15) is 0 Å². The number of anilines is 1. The molecule has 1 fully saturated rings. The first kappa shape index (κ1) is 19.0. The van der Waals surface area contributed by atoms with Gasteiger partial charge in [-0.15, -0.1) is 0 Å². The Kier molecular flexibility index (Phi) is 5.95. The highest BCUT2D eigenvalue weighted by Crippen LogP contribution is 2.26. The van der Waals surface area contributed by atoms with Gasteiger partial charge in [-0.05, 0) is 31.0 Å². The van der Waals surface area contributed by atoms with Crippen molar-refractivity contribution in [3.05, 3.63) is 47.8 Å². The summed E-state index contributed by atoms with van der Waals surface area (Å²) in [4.78, 5) is 16.9. The summed E-state index contributed by atoms with van der Waals surface area (Å²) in [5.41, 5.74) is 3.27. The van der Waals surface area contributed by atoms with Gasteiger partial charge in [0.25, 0.3) is 0 Å². The maximum absolute atomic E-state index is 12.3. The number of amides is 1. The Hall–Kier alpha value is -2.34. The van der Waals surface area contributed by atoms with Gasteiger partial charge in [0, 0.05) is 31.9 Å². The first-order chi connectivity index (χ1) is 13.7. The SMILES string of the molecule is CN(CC(=O)NCc1cc2n(n1)CCN(C1CCCCC1)C2)c1ccccc1. The van der Waals surface area contributed by atoms with Crippen LogP contribution in [-0.4, -0.2) is 46.8 Å². The monoisotopic (exact) mass is 381 g/mol. The minimum Gasteiger partial charge on any atom is -0.365 e. The Morgan fingerprint density at radius 3 is 2.75 bits per heavy atom. The van der Waals surface area contributed by atoms with Crippen LogP contribution in [-0.2, 0) is 24.4 Å². The van der Waals surface area contributed by atoms with Gasteiger partial charge >= 0.3 is 0 Å². The van der Waals surface area contributed by atoms with Crippen LogP contribution in [0.15, 0.2) is 36.4 Å². The summed E-state index contributed by atoms with van der Waals surface area (Å²) >= 11 is 0. The van der Waals surface area contributed by atoms with Crippen molar-refractivity contribution < 1.29 is 4.79 Å². The first-order valence-electron chi connectivity index (χ1n) is 10.5. The molecule has 0 saturated heterocycles. The molecular weight excluding hydrogens is 350 g/mol. The molecule has 1 saturated carbocycles. The van der Waals surface area contributed by atoms with E-state index in [4.69, 9.17) is 5.10 Å². The molecule has 6 nitrogen and oxygen atoms in total. The Bertz CT molecular complexity index is 781. The molecule has 2 aliphatic rings. The lowest BCUT2D eigenvalue weighted by Crippen LogP contribution is -2.42. The molecule has 1 aromatic heterocycles. The van der Waals surface area contributed by atoms with Crippen molar-refractivity contribution in [2.45, 2.75) is 57.8 Å². The van der Waals surface area contributed by atoms with Crippen molar-refractivity contribution in [1.82, 2.24) is 20.0 Å². The lowest BCUT2D eigenvalue weighted by atomic mass is 9.94. The lowest BCUT2D eigenvalue weighted by Gasteiger charge is -2.36. The van der Waals surface area contributed by atoms with Gasteiger partial charge in [-0.25, -0.2) is 0 Å². The number of hydrogen-bond donors (Lipinski definition) is 1. The molecule has 2 heterocycles. The van der Waals surface area contributed by atoms with Crippen LogP contribution >= 0.6 is 0 Å². The van der Waals surface area contributed by atoms with Gasteiger partial charge in [0.05, 0.1) is 31.0 Å². The van der Waals surface area contributed by atoms with E-state index in [-0.39, 0.29) is 5.91 Å². The van der Waals surface area contributed by atoms with E-state index in [0.717, 1.165) is 37.1 Å². The third-order valence-electron chi connectivity index (χ3n) is 6.01. The first-order valence-corrected chi connectivity index (χ1v) is 10.5. The predicted octanol–water partition coefficient (Wildman–Crippen LogP) is 2.78. The zero-order valence-electron chi connectivity index (χ0n) is 16.8. The largest absolute Gasteiger partial charge is 0.365 e. The van der Waals surface area contributed by atoms with E-state index in [0.29, 0.717) is 13.1 Å². The maximum Gasteiger partial charge on any atom is 0.239 e. The summed E-state index contributed by atoms with van der Waals surface area (Å²) in [6.45, 7) is 3.86. The van der Waals surface area contributed by atoms with E-state index in [9.17, 15) is 4.79 Å². The molecule has 0 spiro atoms. The summed E-state index contributed by atoms with van der Waals surface area (Å²) in [5.74, 6) is 0.0150. The molecule has 28 heavy (non-hydrogen) atoms. The highest BCUT2D eigenvalue weighted by molar-refractivity contribution is 5.81. The molecule has 0 unspecified atom stereocenters. The minimum atomic E-state index is 0.0150. The van der Waals surface area contributed by atoms with Gasteiger partial charge in [0.15, 0.2) is 0 Å². The van der Waals surface area contributed by atoms with Gasteiger partial charge < -0.3 is 10.2 Å². The number of fused-ring (bicyclic) bond motifs is 1. The van der Waals surface area contributed by atoms with Crippen LogP contribution in [0, 0.1) is 0 Å². The molecule has 1 amide bonds. The Morgan fingerprint density at radius 2 is 1.96 bits per heavy atom. The number of nitrogens with one attached hydrogen (secondary N) is 1. The van der Waals surface area contributed by atoms with E-state index in [1.54, 1.807) is 0 Å². The van der Waals surface area contributed by atoms with Crippen molar-refractivity contribution in [2.24, 2.45) is 0 Å². The highest BCUT2D eigenvalue weighted by Gasteiger charge is 2.26. The number of likely N-dealkylation sites (N-methyl/N-ethyl adjacent to an activating group) is 1. The smallest absolute Gasteiger partial charge is 0.239 e. The van der Waals surface area contributed by atoms with Crippen molar-refractivity contribution in [3.63, 3.8) is 0 Å². The molecule has 1 aliphatic heterocycles. The number of benzene rings is 1. The molecule has 4 rings (SSSR count). The van der Waals surface area contributed by atoms with Crippen LogP contribution in [0.3, 0.4) is 0 Å². The average molecular weight is 382 g/mol. The summed E-state index contributed by atoms with van der Waals surface area (Å²) in [6, 6.07) is 12.9. The second-order valence-electron chi connectivity index (χ2n) is 8.08. The van der Waals surface area contributed by atoms with Crippen molar-refractivity contribution >= 4 is 11.6 Å². The fourth-order valence-corrected chi connectivity index (χ4v) is 4.42. The fourth-order valence-electron chi connectivity index (χ4n) is 4.42. The van der Waals surface area contributed by atoms with E-state index in [1.165, 1.54) is 37.8 Å². The molecule has 0 bridgehead atoms. The summed E-state index contributed by atoms with van der Waals surface area (Å²) in [7, 11) is 1.93. The van der Waals surface area contributed by atoms with E-state index in [1.807, 2.05) is 42.3 Å². The van der Waals surface area contributed by atoms with Gasteiger partial charge in [0.2, 0.25) is 5.91 Å². The molecule has 2 aromatic rings.